The highest BCUT2D eigenvalue weighted by atomic mass is 32.1. The highest BCUT2D eigenvalue weighted by Crippen LogP contribution is 2.30. The van der Waals surface area contributed by atoms with E-state index in [-0.39, 0.29) is 18.2 Å². The van der Waals surface area contributed by atoms with Crippen molar-refractivity contribution in [2.75, 3.05) is 18.0 Å². The molecule has 19 heavy (non-hydrogen) atoms. The summed E-state index contributed by atoms with van der Waals surface area (Å²) in [6, 6.07) is 0. The van der Waals surface area contributed by atoms with E-state index in [1.54, 1.807) is 5.38 Å². The molecule has 0 saturated heterocycles. The van der Waals surface area contributed by atoms with E-state index in [1.807, 2.05) is 0 Å². The van der Waals surface area contributed by atoms with Crippen molar-refractivity contribution in [1.29, 1.82) is 0 Å². The number of fused-ring (bicyclic) bond motifs is 1. The summed E-state index contributed by atoms with van der Waals surface area (Å²) in [4.78, 5) is 27.0. The highest BCUT2D eigenvalue weighted by Gasteiger charge is 2.28. The first-order chi connectivity index (χ1) is 9.04. The lowest BCUT2D eigenvalue weighted by molar-refractivity contribution is -0.389. The molecule has 98 valence electrons. The normalized spacial score (nSPS) is 10.3. The van der Waals surface area contributed by atoms with E-state index in [0.717, 1.165) is 0 Å². The van der Waals surface area contributed by atoms with Gasteiger partial charge in [-0.3, -0.25) is 4.79 Å². The third-order valence-electron chi connectivity index (χ3n) is 2.30. The number of rotatable bonds is 5. The number of terminal acetylenes is 1. The van der Waals surface area contributed by atoms with Gasteiger partial charge in [0.2, 0.25) is 5.82 Å². The van der Waals surface area contributed by atoms with Gasteiger partial charge in [0, 0.05) is 5.38 Å². The molecule has 0 fully saturated rings. The van der Waals surface area contributed by atoms with Crippen molar-refractivity contribution >= 4 is 33.9 Å². The van der Waals surface area contributed by atoms with Gasteiger partial charge in [-0.05, 0) is 4.92 Å². The Morgan fingerprint density at radius 1 is 1.74 bits per heavy atom. The van der Waals surface area contributed by atoms with Gasteiger partial charge in [0.1, 0.15) is 12.7 Å². The number of nitrogens with zero attached hydrogens (tertiary/aromatic N) is 4. The van der Waals surface area contributed by atoms with Gasteiger partial charge >= 0.3 is 11.8 Å². The minimum absolute atomic E-state index is 0.0304. The Kier molecular flexibility index (Phi) is 3.35. The Labute approximate surface area is 111 Å². The second-order valence-electron chi connectivity index (χ2n) is 3.53. The van der Waals surface area contributed by atoms with E-state index < -0.39 is 17.4 Å². The zero-order chi connectivity index (χ0) is 14.0. The standard InChI is InChI=1S/C10H8N4O4S/c1-2-3-12(6-7(15)16)8-9(14(17)18)13-4-5-19-10(13)11-8/h1,4-5H,3,6H2,(H,15,16). The summed E-state index contributed by atoms with van der Waals surface area (Å²) < 4.78 is 1.30. The fraction of sp³-hybridized carbons (Fsp3) is 0.200. The number of anilines is 1. The number of nitro groups is 1. The number of carboxylic acid groups (broad SMARTS) is 1. The predicted molar refractivity (Wildman–Crippen MR) is 68.4 cm³/mol. The summed E-state index contributed by atoms with van der Waals surface area (Å²) in [5.74, 6) is 0.816. The van der Waals surface area contributed by atoms with Crippen LogP contribution in [-0.4, -0.2) is 38.5 Å². The zero-order valence-corrected chi connectivity index (χ0v) is 10.3. The van der Waals surface area contributed by atoms with Crippen molar-refractivity contribution in [3.8, 4) is 12.3 Å². The van der Waals surface area contributed by atoms with Crippen LogP contribution >= 0.6 is 11.3 Å². The SMILES string of the molecule is C#CCN(CC(=O)O)c1nc2sccn2c1[N+](=O)[O-]. The summed E-state index contributed by atoms with van der Waals surface area (Å²) in [5, 5.41) is 21.6. The molecule has 0 aliphatic carbocycles. The van der Waals surface area contributed by atoms with E-state index in [4.69, 9.17) is 11.5 Å². The fourth-order valence-corrected chi connectivity index (χ4v) is 2.33. The van der Waals surface area contributed by atoms with Crippen molar-refractivity contribution in [2.45, 2.75) is 0 Å². The number of aliphatic carboxylic acids is 1. The Morgan fingerprint density at radius 3 is 3.05 bits per heavy atom. The van der Waals surface area contributed by atoms with Crippen molar-refractivity contribution in [1.82, 2.24) is 9.38 Å². The third-order valence-corrected chi connectivity index (χ3v) is 3.06. The zero-order valence-electron chi connectivity index (χ0n) is 9.52. The average Bonchev–Trinajstić information content (AvgIpc) is 2.85. The van der Waals surface area contributed by atoms with Gasteiger partial charge in [-0.1, -0.05) is 17.3 Å². The molecule has 0 aliphatic rings. The number of thiazole rings is 1. The summed E-state index contributed by atoms with van der Waals surface area (Å²) in [7, 11) is 0. The van der Waals surface area contributed by atoms with Gasteiger partial charge in [-0.25, -0.2) is 0 Å². The van der Waals surface area contributed by atoms with Gasteiger partial charge in [-0.15, -0.1) is 6.42 Å². The molecular weight excluding hydrogens is 272 g/mol. The fourth-order valence-electron chi connectivity index (χ4n) is 1.62. The van der Waals surface area contributed by atoms with Crippen LogP contribution in [0.3, 0.4) is 0 Å². The Hall–Kier alpha value is -2.60. The predicted octanol–water partition coefficient (Wildman–Crippen LogP) is 0.828. The second kappa shape index (κ2) is 4.95. The van der Waals surface area contributed by atoms with Crippen LogP contribution in [0, 0.1) is 22.5 Å². The molecule has 0 aromatic carbocycles. The Bertz CT molecular complexity index is 683. The van der Waals surface area contributed by atoms with Crippen LogP contribution < -0.4 is 4.90 Å². The molecule has 0 bridgehead atoms. The molecule has 0 unspecified atom stereocenters. The van der Waals surface area contributed by atoms with Gasteiger partial charge in [0.25, 0.3) is 4.96 Å². The largest absolute Gasteiger partial charge is 0.480 e. The lowest BCUT2D eigenvalue weighted by atomic mass is 10.4. The molecule has 0 spiro atoms. The number of aromatic nitrogens is 2. The van der Waals surface area contributed by atoms with Gasteiger partial charge < -0.3 is 20.1 Å². The first-order valence-electron chi connectivity index (χ1n) is 5.04. The van der Waals surface area contributed by atoms with Crippen LogP contribution in [-0.2, 0) is 4.79 Å². The Morgan fingerprint density at radius 2 is 2.47 bits per heavy atom. The maximum Gasteiger partial charge on any atom is 0.373 e. The van der Waals surface area contributed by atoms with E-state index in [9.17, 15) is 14.9 Å². The quantitative estimate of drug-likeness (QED) is 0.494. The molecule has 1 N–H and O–H groups in total. The smallest absolute Gasteiger partial charge is 0.373 e. The van der Waals surface area contributed by atoms with Crippen LogP contribution in [0.5, 0.6) is 0 Å². The van der Waals surface area contributed by atoms with Crippen LogP contribution in [0.4, 0.5) is 11.6 Å². The summed E-state index contributed by atoms with van der Waals surface area (Å²) in [6.45, 7) is -0.520. The van der Waals surface area contributed by atoms with Crippen LogP contribution in [0.1, 0.15) is 0 Å². The summed E-state index contributed by atoms with van der Waals surface area (Å²) >= 11 is 1.22. The van der Waals surface area contributed by atoms with Gasteiger partial charge in [0.15, 0.2) is 0 Å². The highest BCUT2D eigenvalue weighted by molar-refractivity contribution is 7.15. The molecule has 0 amide bonds. The number of imidazole rings is 1. The first kappa shape index (κ1) is 12.8. The number of carbonyl (C=O) groups is 1. The van der Waals surface area contributed by atoms with Crippen LogP contribution in [0.25, 0.3) is 4.96 Å². The lowest BCUT2D eigenvalue weighted by Crippen LogP contribution is -2.30. The first-order valence-corrected chi connectivity index (χ1v) is 5.92. The van der Waals surface area contributed by atoms with Gasteiger partial charge in [-0.2, -0.15) is 9.38 Å². The molecule has 9 heteroatoms. The van der Waals surface area contributed by atoms with Gasteiger partial charge in [0.05, 0.1) is 6.54 Å². The molecule has 0 aliphatic heterocycles. The molecule has 2 rings (SSSR count). The monoisotopic (exact) mass is 280 g/mol. The molecular formula is C10H8N4O4S. The second-order valence-corrected chi connectivity index (χ2v) is 4.40. The van der Waals surface area contributed by atoms with Crippen LogP contribution in [0.2, 0.25) is 0 Å². The Balaban J connectivity index is 2.55. The maximum atomic E-state index is 11.1. The summed E-state index contributed by atoms with van der Waals surface area (Å²) in [5.41, 5.74) is 0. The van der Waals surface area contributed by atoms with E-state index >= 15 is 0 Å². The number of hydrogen-bond donors (Lipinski definition) is 1. The molecule has 2 aromatic heterocycles. The van der Waals surface area contributed by atoms with Crippen molar-refractivity contribution < 1.29 is 14.8 Å². The average molecular weight is 280 g/mol. The maximum absolute atomic E-state index is 11.1. The number of carboxylic acids is 1. The molecule has 0 saturated carbocycles. The minimum atomic E-state index is -1.14. The summed E-state index contributed by atoms with van der Waals surface area (Å²) in [6.07, 6.45) is 6.66. The topological polar surface area (TPSA) is 101 Å². The molecule has 0 atom stereocenters. The van der Waals surface area contributed by atoms with Crippen molar-refractivity contribution in [3.63, 3.8) is 0 Å². The van der Waals surface area contributed by atoms with Crippen molar-refractivity contribution in [2.24, 2.45) is 0 Å². The van der Waals surface area contributed by atoms with E-state index in [1.165, 1.54) is 26.8 Å². The molecule has 2 heterocycles. The molecule has 8 nitrogen and oxygen atoms in total. The molecule has 0 radical (unpaired) electrons. The van der Waals surface area contributed by atoms with E-state index in [2.05, 4.69) is 10.9 Å². The molecule has 2 aromatic rings. The lowest BCUT2D eigenvalue weighted by Gasteiger charge is -2.16. The third kappa shape index (κ3) is 2.34. The van der Waals surface area contributed by atoms with Crippen molar-refractivity contribution in [3.05, 3.63) is 21.7 Å². The van der Waals surface area contributed by atoms with Crippen LogP contribution in [0.15, 0.2) is 11.6 Å². The minimum Gasteiger partial charge on any atom is -0.480 e. The van der Waals surface area contributed by atoms with E-state index in [0.29, 0.717) is 4.96 Å². The number of hydrogen-bond acceptors (Lipinski definition) is 6.